The van der Waals surface area contributed by atoms with E-state index in [4.69, 9.17) is 0 Å². The molecule has 0 aliphatic carbocycles. The second kappa shape index (κ2) is 6.16. The highest BCUT2D eigenvalue weighted by atomic mass is 16.3. The van der Waals surface area contributed by atoms with Crippen molar-refractivity contribution in [1.29, 1.82) is 0 Å². The van der Waals surface area contributed by atoms with Gasteiger partial charge >= 0.3 is 0 Å². The highest BCUT2D eigenvalue weighted by molar-refractivity contribution is 5.40. The van der Waals surface area contributed by atoms with E-state index in [-0.39, 0.29) is 6.10 Å². The van der Waals surface area contributed by atoms with Gasteiger partial charge in [0.1, 0.15) is 5.82 Å². The average molecular weight is 249 g/mol. The van der Waals surface area contributed by atoms with Crippen LogP contribution >= 0.6 is 0 Å². The summed E-state index contributed by atoms with van der Waals surface area (Å²) < 4.78 is 0. The standard InChI is InChI=1S/C14H23N3O/c1-3-13(18)12-5-6-14(15-11-12)17-9-7-16(4-2)8-10-17/h5-6,11,13,18H,3-4,7-10H2,1-2H3/t13-/m1/s1. The minimum Gasteiger partial charge on any atom is -0.388 e. The molecule has 2 heterocycles. The first-order chi connectivity index (χ1) is 8.74. The number of aliphatic hydroxyl groups excluding tert-OH is 1. The van der Waals surface area contributed by atoms with E-state index in [0.717, 1.165) is 50.5 Å². The van der Waals surface area contributed by atoms with Gasteiger partial charge in [-0.25, -0.2) is 4.98 Å². The van der Waals surface area contributed by atoms with Crippen LogP contribution < -0.4 is 4.90 Å². The fraction of sp³-hybridized carbons (Fsp3) is 0.643. The van der Waals surface area contributed by atoms with Gasteiger partial charge in [-0.1, -0.05) is 19.9 Å². The van der Waals surface area contributed by atoms with E-state index in [9.17, 15) is 5.11 Å². The van der Waals surface area contributed by atoms with E-state index in [0.29, 0.717) is 0 Å². The van der Waals surface area contributed by atoms with Crippen molar-refractivity contribution in [3.8, 4) is 0 Å². The number of pyridine rings is 1. The Bertz CT molecular complexity index is 358. The average Bonchev–Trinajstić information content (AvgIpc) is 2.47. The predicted octanol–water partition coefficient (Wildman–Crippen LogP) is 1.67. The summed E-state index contributed by atoms with van der Waals surface area (Å²) in [5, 5.41) is 9.74. The van der Waals surface area contributed by atoms with Gasteiger partial charge in [0.25, 0.3) is 0 Å². The van der Waals surface area contributed by atoms with Gasteiger partial charge in [0.15, 0.2) is 0 Å². The van der Waals surface area contributed by atoms with E-state index in [1.165, 1.54) is 0 Å². The first kappa shape index (κ1) is 13.3. The maximum Gasteiger partial charge on any atom is 0.128 e. The van der Waals surface area contributed by atoms with Crippen LogP contribution in [0.5, 0.6) is 0 Å². The van der Waals surface area contributed by atoms with Gasteiger partial charge in [0, 0.05) is 32.4 Å². The second-order valence-electron chi connectivity index (χ2n) is 4.80. The first-order valence-electron chi connectivity index (χ1n) is 6.86. The van der Waals surface area contributed by atoms with Gasteiger partial charge in [-0.3, -0.25) is 0 Å². The van der Waals surface area contributed by atoms with Crippen molar-refractivity contribution in [2.45, 2.75) is 26.4 Å². The van der Waals surface area contributed by atoms with Crippen molar-refractivity contribution < 1.29 is 5.11 Å². The molecule has 0 spiro atoms. The molecular weight excluding hydrogens is 226 g/mol. The lowest BCUT2D eigenvalue weighted by Gasteiger charge is -2.34. The van der Waals surface area contributed by atoms with Gasteiger partial charge in [-0.05, 0) is 24.6 Å². The normalized spacial score (nSPS) is 18.9. The molecule has 1 atom stereocenters. The maximum atomic E-state index is 9.74. The Labute approximate surface area is 109 Å². The molecule has 0 bridgehead atoms. The Morgan fingerprint density at radius 3 is 2.44 bits per heavy atom. The van der Waals surface area contributed by atoms with Crippen LogP contribution in [0.1, 0.15) is 31.9 Å². The zero-order chi connectivity index (χ0) is 13.0. The van der Waals surface area contributed by atoms with E-state index in [2.05, 4.69) is 21.7 Å². The molecule has 0 aromatic carbocycles. The number of nitrogens with zero attached hydrogens (tertiary/aromatic N) is 3. The van der Waals surface area contributed by atoms with Gasteiger partial charge in [-0.2, -0.15) is 0 Å². The highest BCUT2D eigenvalue weighted by Crippen LogP contribution is 2.19. The van der Waals surface area contributed by atoms with Crippen LogP contribution in [0.3, 0.4) is 0 Å². The fourth-order valence-corrected chi connectivity index (χ4v) is 2.31. The molecular formula is C14H23N3O. The molecule has 18 heavy (non-hydrogen) atoms. The quantitative estimate of drug-likeness (QED) is 0.881. The number of aliphatic hydroxyl groups is 1. The number of likely N-dealkylation sites (N-methyl/N-ethyl adjacent to an activating group) is 1. The summed E-state index contributed by atoms with van der Waals surface area (Å²) in [7, 11) is 0. The summed E-state index contributed by atoms with van der Waals surface area (Å²) in [6, 6.07) is 4.01. The Balaban J connectivity index is 1.98. The Kier molecular flexibility index (Phi) is 4.55. The maximum absolute atomic E-state index is 9.74. The molecule has 2 rings (SSSR count). The zero-order valence-electron chi connectivity index (χ0n) is 11.3. The van der Waals surface area contributed by atoms with E-state index >= 15 is 0 Å². The van der Waals surface area contributed by atoms with Crippen LogP contribution in [0.2, 0.25) is 0 Å². The third-order valence-electron chi connectivity index (χ3n) is 3.69. The van der Waals surface area contributed by atoms with Crippen LogP contribution in [0.15, 0.2) is 18.3 Å². The molecule has 100 valence electrons. The highest BCUT2D eigenvalue weighted by Gasteiger charge is 2.16. The molecule has 1 fully saturated rings. The van der Waals surface area contributed by atoms with Crippen molar-refractivity contribution >= 4 is 5.82 Å². The van der Waals surface area contributed by atoms with Crippen molar-refractivity contribution in [2.75, 3.05) is 37.6 Å². The van der Waals surface area contributed by atoms with Crippen LogP contribution in [-0.4, -0.2) is 47.7 Å². The SMILES string of the molecule is CC[C@@H](O)c1ccc(N2CCN(CC)CC2)nc1. The molecule has 1 N–H and O–H groups in total. The lowest BCUT2D eigenvalue weighted by atomic mass is 10.1. The molecule has 0 radical (unpaired) electrons. The van der Waals surface area contributed by atoms with Crippen molar-refractivity contribution in [3.05, 3.63) is 23.9 Å². The summed E-state index contributed by atoms with van der Waals surface area (Å²) in [4.78, 5) is 9.23. The Hall–Kier alpha value is -1.13. The van der Waals surface area contributed by atoms with Crippen LogP contribution in [0, 0.1) is 0 Å². The molecule has 1 aromatic heterocycles. The number of hydrogen-bond acceptors (Lipinski definition) is 4. The van der Waals surface area contributed by atoms with Gasteiger partial charge in [0.2, 0.25) is 0 Å². The van der Waals surface area contributed by atoms with Crippen LogP contribution in [0.4, 0.5) is 5.82 Å². The zero-order valence-corrected chi connectivity index (χ0v) is 11.3. The lowest BCUT2D eigenvalue weighted by molar-refractivity contribution is 0.173. The van der Waals surface area contributed by atoms with Crippen molar-refractivity contribution in [2.24, 2.45) is 0 Å². The predicted molar refractivity (Wildman–Crippen MR) is 73.8 cm³/mol. The summed E-state index contributed by atoms with van der Waals surface area (Å²) in [6.45, 7) is 9.60. The van der Waals surface area contributed by atoms with Gasteiger partial charge in [-0.15, -0.1) is 0 Å². The molecule has 0 unspecified atom stereocenters. The molecule has 0 amide bonds. The summed E-state index contributed by atoms with van der Waals surface area (Å²) in [6.07, 6.45) is 2.15. The number of piperazine rings is 1. The molecule has 4 heteroatoms. The monoisotopic (exact) mass is 249 g/mol. The number of aromatic nitrogens is 1. The Morgan fingerprint density at radius 1 is 1.22 bits per heavy atom. The number of hydrogen-bond donors (Lipinski definition) is 1. The largest absolute Gasteiger partial charge is 0.388 e. The van der Waals surface area contributed by atoms with Crippen LogP contribution in [0.25, 0.3) is 0 Å². The van der Waals surface area contributed by atoms with E-state index in [1.807, 2.05) is 19.1 Å². The smallest absolute Gasteiger partial charge is 0.128 e. The minimum absolute atomic E-state index is 0.386. The molecule has 1 aliphatic heterocycles. The third-order valence-corrected chi connectivity index (χ3v) is 3.69. The minimum atomic E-state index is -0.386. The summed E-state index contributed by atoms with van der Waals surface area (Å²) in [5.41, 5.74) is 0.911. The molecule has 1 saturated heterocycles. The van der Waals surface area contributed by atoms with E-state index in [1.54, 1.807) is 6.20 Å². The van der Waals surface area contributed by atoms with Crippen molar-refractivity contribution in [3.63, 3.8) is 0 Å². The summed E-state index contributed by atoms with van der Waals surface area (Å²) >= 11 is 0. The summed E-state index contributed by atoms with van der Waals surface area (Å²) in [5.74, 6) is 1.03. The number of anilines is 1. The number of rotatable bonds is 4. The van der Waals surface area contributed by atoms with Gasteiger partial charge < -0.3 is 14.9 Å². The lowest BCUT2D eigenvalue weighted by Crippen LogP contribution is -2.46. The van der Waals surface area contributed by atoms with Crippen LogP contribution in [-0.2, 0) is 0 Å². The fourth-order valence-electron chi connectivity index (χ4n) is 2.31. The van der Waals surface area contributed by atoms with E-state index < -0.39 is 0 Å². The first-order valence-corrected chi connectivity index (χ1v) is 6.86. The van der Waals surface area contributed by atoms with Crippen molar-refractivity contribution in [1.82, 2.24) is 9.88 Å². The van der Waals surface area contributed by atoms with Gasteiger partial charge in [0.05, 0.1) is 6.10 Å². The topological polar surface area (TPSA) is 39.6 Å². The third kappa shape index (κ3) is 3.00. The molecule has 1 aliphatic rings. The molecule has 1 aromatic rings. The molecule has 0 saturated carbocycles. The second-order valence-corrected chi connectivity index (χ2v) is 4.80. The molecule has 4 nitrogen and oxygen atoms in total. The Morgan fingerprint density at radius 2 is 1.94 bits per heavy atom.